The monoisotopic (exact) mass is 313 g/mol. The number of amides is 1. The second kappa shape index (κ2) is 6.29. The quantitative estimate of drug-likeness (QED) is 0.908. The normalized spacial score (nSPS) is 22.8. The molecule has 0 aromatic carbocycles. The number of hydrogen-bond donors (Lipinski definition) is 1. The second-order valence-electron chi connectivity index (χ2n) is 6.45. The molecule has 1 unspecified atom stereocenters. The van der Waals surface area contributed by atoms with Gasteiger partial charge >= 0.3 is 0 Å². The van der Waals surface area contributed by atoms with Crippen LogP contribution in [0, 0.1) is 0 Å². The standard InChI is InChI=1S/C17H23N5O/c23-17(15-4-3-6-18-15)21-10-8-20(9-11-21)12-14-13-22-7-2-1-5-16(22)19-14/h1-2,5,7,13,15,18H,3-4,6,8-12H2. The zero-order valence-corrected chi connectivity index (χ0v) is 13.3. The van der Waals surface area contributed by atoms with Crippen LogP contribution < -0.4 is 5.32 Å². The van der Waals surface area contributed by atoms with E-state index in [2.05, 4.69) is 25.8 Å². The lowest BCUT2D eigenvalue weighted by molar-refractivity contribution is -0.134. The van der Waals surface area contributed by atoms with Gasteiger partial charge in [0.05, 0.1) is 11.7 Å². The number of carbonyl (C=O) groups excluding carboxylic acids is 1. The molecule has 1 amide bonds. The third kappa shape index (κ3) is 3.09. The van der Waals surface area contributed by atoms with Crippen LogP contribution in [-0.2, 0) is 11.3 Å². The van der Waals surface area contributed by atoms with E-state index in [4.69, 9.17) is 0 Å². The summed E-state index contributed by atoms with van der Waals surface area (Å²) < 4.78 is 2.06. The van der Waals surface area contributed by atoms with Crippen LogP contribution >= 0.6 is 0 Å². The minimum Gasteiger partial charge on any atom is -0.339 e. The van der Waals surface area contributed by atoms with E-state index in [0.29, 0.717) is 0 Å². The highest BCUT2D eigenvalue weighted by Crippen LogP contribution is 2.13. The number of imidazole rings is 1. The summed E-state index contributed by atoms with van der Waals surface area (Å²) in [7, 11) is 0. The maximum absolute atomic E-state index is 12.4. The molecule has 1 atom stereocenters. The lowest BCUT2D eigenvalue weighted by Gasteiger charge is -2.35. The van der Waals surface area contributed by atoms with Crippen LogP contribution in [0.15, 0.2) is 30.6 Å². The van der Waals surface area contributed by atoms with E-state index in [0.717, 1.165) is 63.5 Å². The van der Waals surface area contributed by atoms with Crippen LogP contribution in [0.4, 0.5) is 0 Å². The second-order valence-corrected chi connectivity index (χ2v) is 6.45. The Morgan fingerprint density at radius 3 is 2.87 bits per heavy atom. The van der Waals surface area contributed by atoms with Crippen molar-refractivity contribution in [1.29, 1.82) is 0 Å². The van der Waals surface area contributed by atoms with Gasteiger partial charge in [0.25, 0.3) is 0 Å². The number of nitrogens with one attached hydrogen (secondary N) is 1. The van der Waals surface area contributed by atoms with Crippen molar-refractivity contribution in [3.8, 4) is 0 Å². The molecule has 122 valence electrons. The van der Waals surface area contributed by atoms with Crippen molar-refractivity contribution in [1.82, 2.24) is 24.5 Å². The van der Waals surface area contributed by atoms with E-state index in [1.807, 2.05) is 29.3 Å². The average molecular weight is 313 g/mol. The predicted molar refractivity (Wildman–Crippen MR) is 88.1 cm³/mol. The first-order valence-corrected chi connectivity index (χ1v) is 8.47. The summed E-state index contributed by atoms with van der Waals surface area (Å²) in [6.45, 7) is 5.32. The molecule has 4 rings (SSSR count). The van der Waals surface area contributed by atoms with Crippen molar-refractivity contribution >= 4 is 11.6 Å². The molecule has 2 fully saturated rings. The molecule has 23 heavy (non-hydrogen) atoms. The SMILES string of the molecule is O=C(C1CCCN1)N1CCN(Cc2cn3ccccc3n2)CC1. The van der Waals surface area contributed by atoms with E-state index in [-0.39, 0.29) is 11.9 Å². The van der Waals surface area contributed by atoms with Gasteiger partial charge in [0.2, 0.25) is 5.91 Å². The molecule has 0 radical (unpaired) electrons. The van der Waals surface area contributed by atoms with E-state index < -0.39 is 0 Å². The molecule has 0 saturated carbocycles. The summed E-state index contributed by atoms with van der Waals surface area (Å²) in [6.07, 6.45) is 6.22. The van der Waals surface area contributed by atoms with Gasteiger partial charge in [-0.2, -0.15) is 0 Å². The first-order valence-electron chi connectivity index (χ1n) is 8.47. The molecule has 2 aromatic rings. The van der Waals surface area contributed by atoms with Gasteiger partial charge in [-0.3, -0.25) is 9.69 Å². The summed E-state index contributed by atoms with van der Waals surface area (Å²) in [5.41, 5.74) is 2.08. The van der Waals surface area contributed by atoms with Gasteiger partial charge < -0.3 is 14.6 Å². The van der Waals surface area contributed by atoms with Gasteiger partial charge in [0.15, 0.2) is 0 Å². The summed E-state index contributed by atoms with van der Waals surface area (Å²) in [4.78, 5) is 21.5. The summed E-state index contributed by atoms with van der Waals surface area (Å²) in [5, 5.41) is 3.30. The van der Waals surface area contributed by atoms with Gasteiger partial charge in [-0.05, 0) is 31.5 Å². The van der Waals surface area contributed by atoms with E-state index in [9.17, 15) is 4.79 Å². The van der Waals surface area contributed by atoms with Crippen LogP contribution in [0.3, 0.4) is 0 Å². The molecule has 6 nitrogen and oxygen atoms in total. The van der Waals surface area contributed by atoms with E-state index in [1.54, 1.807) is 0 Å². The Bertz CT molecular complexity index is 650. The fraction of sp³-hybridized carbons (Fsp3) is 0.529. The number of piperazine rings is 1. The molecule has 0 aliphatic carbocycles. The van der Waals surface area contributed by atoms with Crippen LogP contribution in [0.1, 0.15) is 18.5 Å². The molecule has 0 bridgehead atoms. The van der Waals surface area contributed by atoms with Crippen molar-refractivity contribution in [3.05, 3.63) is 36.3 Å². The highest BCUT2D eigenvalue weighted by atomic mass is 16.2. The number of rotatable bonds is 3. The molecule has 2 aliphatic heterocycles. The number of aromatic nitrogens is 2. The Morgan fingerprint density at radius 2 is 2.13 bits per heavy atom. The third-order valence-electron chi connectivity index (χ3n) is 4.84. The number of pyridine rings is 1. The fourth-order valence-electron chi connectivity index (χ4n) is 3.53. The largest absolute Gasteiger partial charge is 0.339 e. The maximum atomic E-state index is 12.4. The van der Waals surface area contributed by atoms with Crippen LogP contribution in [0.5, 0.6) is 0 Å². The third-order valence-corrected chi connectivity index (χ3v) is 4.84. The molecule has 6 heteroatoms. The van der Waals surface area contributed by atoms with Crippen molar-refractivity contribution in [2.45, 2.75) is 25.4 Å². The molecule has 1 N–H and O–H groups in total. The zero-order valence-electron chi connectivity index (χ0n) is 13.3. The van der Waals surface area contributed by atoms with Crippen molar-refractivity contribution < 1.29 is 4.79 Å². The van der Waals surface area contributed by atoms with Gasteiger partial charge in [0.1, 0.15) is 5.65 Å². The van der Waals surface area contributed by atoms with Crippen molar-refractivity contribution in [2.24, 2.45) is 0 Å². The highest BCUT2D eigenvalue weighted by Gasteiger charge is 2.29. The van der Waals surface area contributed by atoms with E-state index >= 15 is 0 Å². The molecular formula is C17H23N5O. The van der Waals surface area contributed by atoms with Gasteiger partial charge in [-0.15, -0.1) is 0 Å². The predicted octanol–water partition coefficient (Wildman–Crippen LogP) is 0.730. The molecule has 2 aromatic heterocycles. The summed E-state index contributed by atoms with van der Waals surface area (Å²) >= 11 is 0. The lowest BCUT2D eigenvalue weighted by atomic mass is 10.2. The number of nitrogens with zero attached hydrogens (tertiary/aromatic N) is 4. The summed E-state index contributed by atoms with van der Waals surface area (Å²) in [6, 6.07) is 6.10. The first kappa shape index (κ1) is 14.7. The van der Waals surface area contributed by atoms with Gasteiger partial charge in [-0.1, -0.05) is 6.07 Å². The van der Waals surface area contributed by atoms with Crippen LogP contribution in [0.25, 0.3) is 5.65 Å². The Labute approximate surface area is 136 Å². The lowest BCUT2D eigenvalue weighted by Crippen LogP contribution is -2.52. The zero-order chi connectivity index (χ0) is 15.6. The van der Waals surface area contributed by atoms with Crippen molar-refractivity contribution in [2.75, 3.05) is 32.7 Å². The molecule has 2 aliphatic rings. The smallest absolute Gasteiger partial charge is 0.239 e. The first-order chi connectivity index (χ1) is 11.3. The Hall–Kier alpha value is -1.92. The van der Waals surface area contributed by atoms with Gasteiger partial charge in [-0.25, -0.2) is 4.98 Å². The fourth-order valence-corrected chi connectivity index (χ4v) is 3.53. The van der Waals surface area contributed by atoms with Crippen LogP contribution in [-0.4, -0.2) is 63.9 Å². The number of fused-ring (bicyclic) bond motifs is 1. The van der Waals surface area contributed by atoms with Crippen LogP contribution in [0.2, 0.25) is 0 Å². The minimum atomic E-state index is 0.0555. The highest BCUT2D eigenvalue weighted by molar-refractivity contribution is 5.82. The molecule has 2 saturated heterocycles. The topological polar surface area (TPSA) is 52.9 Å². The van der Waals surface area contributed by atoms with Gasteiger partial charge in [0, 0.05) is 45.1 Å². The molecule has 4 heterocycles. The van der Waals surface area contributed by atoms with E-state index in [1.165, 1.54) is 0 Å². The molecular weight excluding hydrogens is 290 g/mol. The minimum absolute atomic E-state index is 0.0555. The summed E-state index contributed by atoms with van der Waals surface area (Å²) in [5.74, 6) is 0.287. The Morgan fingerprint density at radius 1 is 1.26 bits per heavy atom. The number of hydrogen-bond acceptors (Lipinski definition) is 4. The Balaban J connectivity index is 1.33. The number of carbonyl (C=O) groups is 1. The van der Waals surface area contributed by atoms with Crippen molar-refractivity contribution in [3.63, 3.8) is 0 Å². The average Bonchev–Trinajstić information content (AvgIpc) is 3.24. The maximum Gasteiger partial charge on any atom is 0.239 e. The Kier molecular flexibility index (Phi) is 4.01. The molecule has 0 spiro atoms.